The largest absolute Gasteiger partial charge is 0.506 e. The molecule has 1 atom stereocenters. The Morgan fingerprint density at radius 2 is 1.88 bits per heavy atom. The molecular weight excluding hydrogens is 308 g/mol. The summed E-state index contributed by atoms with van der Waals surface area (Å²) in [5.41, 5.74) is 0.861. The van der Waals surface area contributed by atoms with Gasteiger partial charge < -0.3 is 15.2 Å². The molecule has 0 spiro atoms. The van der Waals surface area contributed by atoms with Crippen LogP contribution in [0.1, 0.15) is 13.3 Å². The summed E-state index contributed by atoms with van der Waals surface area (Å²) in [6, 6.07) is 12.8. The first-order valence-corrected chi connectivity index (χ1v) is 7.75. The number of benzene rings is 2. The summed E-state index contributed by atoms with van der Waals surface area (Å²) in [5, 5.41) is 12.8. The fraction of sp³-hybridized carbons (Fsp3) is 0.222. The van der Waals surface area contributed by atoms with Crippen LogP contribution < -0.4 is 15.0 Å². The molecule has 2 N–H and O–H groups in total. The highest BCUT2D eigenvalue weighted by Gasteiger charge is 2.40. The highest BCUT2D eigenvalue weighted by Crippen LogP contribution is 2.33. The van der Waals surface area contributed by atoms with E-state index in [-0.39, 0.29) is 24.0 Å². The molecule has 124 valence electrons. The van der Waals surface area contributed by atoms with Crippen molar-refractivity contribution in [3.8, 4) is 11.5 Å². The van der Waals surface area contributed by atoms with E-state index in [0.29, 0.717) is 23.7 Å². The highest BCUT2D eigenvalue weighted by atomic mass is 16.5. The third-order valence-electron chi connectivity index (χ3n) is 3.79. The molecule has 6 heteroatoms. The van der Waals surface area contributed by atoms with Crippen LogP contribution in [0.5, 0.6) is 11.5 Å². The van der Waals surface area contributed by atoms with E-state index in [1.165, 1.54) is 6.07 Å². The minimum Gasteiger partial charge on any atom is -0.506 e. The number of para-hydroxylation sites is 4. The number of carbonyl (C=O) groups excluding carboxylic acids is 2. The summed E-state index contributed by atoms with van der Waals surface area (Å²) in [7, 11) is 0. The van der Waals surface area contributed by atoms with Gasteiger partial charge in [0, 0.05) is 0 Å². The van der Waals surface area contributed by atoms with E-state index in [2.05, 4.69) is 5.32 Å². The summed E-state index contributed by atoms with van der Waals surface area (Å²) in [6.07, 6.45) is 0.0215. The van der Waals surface area contributed by atoms with Crippen molar-refractivity contribution in [2.24, 2.45) is 0 Å². The second kappa shape index (κ2) is 6.62. The molecule has 2 amide bonds. The first kappa shape index (κ1) is 15.9. The molecule has 1 aliphatic heterocycles. The van der Waals surface area contributed by atoms with Crippen molar-refractivity contribution in [2.75, 3.05) is 16.8 Å². The lowest BCUT2D eigenvalue weighted by atomic mass is 10.2. The molecule has 1 aliphatic rings. The standard InChI is InChI=1S/C18H18N2O4/c1-2-24-16-10-6-4-8-14(16)20-17(22)11-13(18(20)23)19-12-7-3-5-9-15(12)21/h3-10,13,19,21H,2,11H2,1H3. The fourth-order valence-electron chi connectivity index (χ4n) is 2.70. The van der Waals surface area contributed by atoms with Gasteiger partial charge in [-0.15, -0.1) is 0 Å². The summed E-state index contributed by atoms with van der Waals surface area (Å²) >= 11 is 0. The summed E-state index contributed by atoms with van der Waals surface area (Å²) in [6.45, 7) is 2.28. The van der Waals surface area contributed by atoms with Crippen LogP contribution in [0.4, 0.5) is 11.4 Å². The minimum atomic E-state index is -0.722. The Labute approximate surface area is 139 Å². The molecule has 1 unspecified atom stereocenters. The van der Waals surface area contributed by atoms with Gasteiger partial charge in [-0.1, -0.05) is 24.3 Å². The van der Waals surface area contributed by atoms with E-state index in [1.807, 2.05) is 6.92 Å². The zero-order chi connectivity index (χ0) is 17.1. The zero-order valence-electron chi connectivity index (χ0n) is 13.2. The van der Waals surface area contributed by atoms with Crippen molar-refractivity contribution >= 4 is 23.2 Å². The van der Waals surface area contributed by atoms with Crippen LogP contribution in [0.25, 0.3) is 0 Å². The molecule has 0 saturated carbocycles. The molecular formula is C18H18N2O4. The van der Waals surface area contributed by atoms with Gasteiger partial charge in [0.2, 0.25) is 5.91 Å². The Morgan fingerprint density at radius 1 is 1.17 bits per heavy atom. The van der Waals surface area contributed by atoms with Crippen LogP contribution in [0.15, 0.2) is 48.5 Å². The molecule has 0 aromatic heterocycles. The van der Waals surface area contributed by atoms with E-state index in [9.17, 15) is 14.7 Å². The number of imide groups is 1. The SMILES string of the molecule is CCOc1ccccc1N1C(=O)CC(Nc2ccccc2O)C1=O. The van der Waals surface area contributed by atoms with Crippen LogP contribution in [0.2, 0.25) is 0 Å². The first-order chi connectivity index (χ1) is 11.6. The number of rotatable bonds is 5. The van der Waals surface area contributed by atoms with Gasteiger partial charge in [-0.05, 0) is 31.2 Å². The Hall–Kier alpha value is -3.02. The lowest BCUT2D eigenvalue weighted by Crippen LogP contribution is -2.35. The molecule has 2 aromatic carbocycles. The van der Waals surface area contributed by atoms with Crippen LogP contribution in [0.3, 0.4) is 0 Å². The third kappa shape index (κ3) is 2.90. The second-order valence-electron chi connectivity index (χ2n) is 5.39. The normalized spacial score (nSPS) is 17.2. The molecule has 24 heavy (non-hydrogen) atoms. The number of hydrogen-bond acceptors (Lipinski definition) is 5. The predicted octanol–water partition coefficient (Wildman–Crippen LogP) is 2.53. The Bertz CT molecular complexity index is 775. The van der Waals surface area contributed by atoms with Gasteiger partial charge in [0.15, 0.2) is 0 Å². The Morgan fingerprint density at radius 3 is 2.62 bits per heavy atom. The maximum Gasteiger partial charge on any atom is 0.256 e. The van der Waals surface area contributed by atoms with Gasteiger partial charge in [-0.2, -0.15) is 0 Å². The van der Waals surface area contributed by atoms with Gasteiger partial charge in [0.1, 0.15) is 17.5 Å². The van der Waals surface area contributed by atoms with E-state index < -0.39 is 6.04 Å². The first-order valence-electron chi connectivity index (χ1n) is 7.75. The summed E-state index contributed by atoms with van der Waals surface area (Å²) < 4.78 is 5.51. The minimum absolute atomic E-state index is 0.0215. The average Bonchev–Trinajstić information content (AvgIpc) is 2.85. The molecule has 1 fully saturated rings. The van der Waals surface area contributed by atoms with Gasteiger partial charge in [0.05, 0.1) is 24.4 Å². The zero-order valence-corrected chi connectivity index (χ0v) is 13.2. The van der Waals surface area contributed by atoms with E-state index in [1.54, 1.807) is 42.5 Å². The number of carbonyl (C=O) groups is 2. The third-order valence-corrected chi connectivity index (χ3v) is 3.79. The summed E-state index contributed by atoms with van der Waals surface area (Å²) in [4.78, 5) is 26.2. The molecule has 2 aromatic rings. The number of phenolic OH excluding ortho intramolecular Hbond substituents is 1. The molecule has 1 heterocycles. The fourth-order valence-corrected chi connectivity index (χ4v) is 2.70. The van der Waals surface area contributed by atoms with Crippen molar-refractivity contribution in [1.82, 2.24) is 0 Å². The van der Waals surface area contributed by atoms with Crippen molar-refractivity contribution in [1.29, 1.82) is 0 Å². The van der Waals surface area contributed by atoms with Crippen LogP contribution in [-0.4, -0.2) is 29.6 Å². The van der Waals surface area contributed by atoms with Gasteiger partial charge in [-0.3, -0.25) is 9.59 Å². The Balaban J connectivity index is 1.86. The maximum atomic E-state index is 12.7. The number of aromatic hydroxyl groups is 1. The van der Waals surface area contributed by atoms with Gasteiger partial charge in [-0.25, -0.2) is 4.90 Å². The van der Waals surface area contributed by atoms with Crippen molar-refractivity contribution in [3.63, 3.8) is 0 Å². The maximum absolute atomic E-state index is 12.7. The molecule has 0 radical (unpaired) electrons. The predicted molar refractivity (Wildman–Crippen MR) is 90.2 cm³/mol. The quantitative estimate of drug-likeness (QED) is 0.652. The van der Waals surface area contributed by atoms with Crippen LogP contribution >= 0.6 is 0 Å². The number of hydrogen-bond donors (Lipinski definition) is 2. The number of anilines is 2. The second-order valence-corrected chi connectivity index (χ2v) is 5.39. The van der Waals surface area contributed by atoms with E-state index in [0.717, 1.165) is 4.90 Å². The number of amides is 2. The number of phenols is 1. The van der Waals surface area contributed by atoms with E-state index in [4.69, 9.17) is 4.74 Å². The topological polar surface area (TPSA) is 78.9 Å². The number of ether oxygens (including phenoxy) is 1. The smallest absolute Gasteiger partial charge is 0.256 e. The monoisotopic (exact) mass is 326 g/mol. The van der Waals surface area contributed by atoms with E-state index >= 15 is 0 Å². The van der Waals surface area contributed by atoms with Crippen molar-refractivity contribution in [3.05, 3.63) is 48.5 Å². The average molecular weight is 326 g/mol. The number of nitrogens with one attached hydrogen (secondary N) is 1. The molecule has 0 bridgehead atoms. The molecule has 0 aliphatic carbocycles. The highest BCUT2D eigenvalue weighted by molar-refractivity contribution is 6.23. The molecule has 1 saturated heterocycles. The molecule has 6 nitrogen and oxygen atoms in total. The summed E-state index contributed by atoms with van der Waals surface area (Å²) in [5.74, 6) is -0.147. The van der Waals surface area contributed by atoms with Crippen molar-refractivity contribution < 1.29 is 19.4 Å². The lowest BCUT2D eigenvalue weighted by Gasteiger charge is -2.19. The van der Waals surface area contributed by atoms with Gasteiger partial charge in [0.25, 0.3) is 5.91 Å². The Kier molecular flexibility index (Phi) is 4.37. The lowest BCUT2D eigenvalue weighted by molar-refractivity contribution is -0.121. The number of nitrogens with zero attached hydrogens (tertiary/aromatic N) is 1. The van der Waals surface area contributed by atoms with Gasteiger partial charge >= 0.3 is 0 Å². The molecule has 3 rings (SSSR count). The van der Waals surface area contributed by atoms with Crippen molar-refractivity contribution in [2.45, 2.75) is 19.4 Å². The van der Waals surface area contributed by atoms with Crippen LogP contribution in [0, 0.1) is 0 Å². The van der Waals surface area contributed by atoms with Crippen LogP contribution in [-0.2, 0) is 9.59 Å².